The Labute approximate surface area is 140 Å². The van der Waals surface area contributed by atoms with Gasteiger partial charge < -0.3 is 10.1 Å². The number of urea groups is 1. The van der Waals surface area contributed by atoms with Crippen molar-refractivity contribution in [1.82, 2.24) is 10.2 Å². The van der Waals surface area contributed by atoms with E-state index in [0.29, 0.717) is 0 Å². The van der Waals surface area contributed by atoms with Gasteiger partial charge in [0.05, 0.1) is 13.7 Å². The number of hydrogen-bond donors (Lipinski definition) is 1. The highest BCUT2D eigenvalue weighted by molar-refractivity contribution is 6.13. The van der Waals surface area contributed by atoms with Crippen LogP contribution in [0.3, 0.4) is 0 Å². The molecule has 0 spiro atoms. The van der Waals surface area contributed by atoms with E-state index in [0.717, 1.165) is 22.4 Å². The zero-order chi connectivity index (χ0) is 17.1. The summed E-state index contributed by atoms with van der Waals surface area (Å²) in [5.74, 6) is 0.413. The van der Waals surface area contributed by atoms with Crippen LogP contribution in [0.25, 0.3) is 6.08 Å². The van der Waals surface area contributed by atoms with E-state index in [-0.39, 0.29) is 18.1 Å². The molecule has 1 fully saturated rings. The molecule has 1 aliphatic rings. The van der Waals surface area contributed by atoms with Gasteiger partial charge in [0, 0.05) is 0 Å². The number of methoxy groups -OCH3 is 1. The average molecular weight is 322 g/mol. The third-order valence-corrected chi connectivity index (χ3v) is 3.85. The molecule has 1 saturated heterocycles. The number of carbonyl (C=O) groups is 2. The van der Waals surface area contributed by atoms with E-state index in [1.165, 1.54) is 4.90 Å². The van der Waals surface area contributed by atoms with Crippen molar-refractivity contribution in [3.63, 3.8) is 0 Å². The molecule has 3 amide bonds. The minimum Gasteiger partial charge on any atom is -0.497 e. The van der Waals surface area contributed by atoms with Gasteiger partial charge in [0.25, 0.3) is 5.91 Å². The van der Waals surface area contributed by atoms with Gasteiger partial charge in [-0.2, -0.15) is 0 Å². The molecule has 122 valence electrons. The molecular formula is C19H18N2O3. The quantitative estimate of drug-likeness (QED) is 0.695. The van der Waals surface area contributed by atoms with Crippen molar-refractivity contribution in [1.29, 1.82) is 0 Å². The second kappa shape index (κ2) is 6.58. The fraction of sp³-hybridized carbons (Fsp3) is 0.158. The number of aryl methyl sites for hydroxylation is 1. The third-order valence-electron chi connectivity index (χ3n) is 3.85. The lowest BCUT2D eigenvalue weighted by Gasteiger charge is -2.11. The van der Waals surface area contributed by atoms with Crippen molar-refractivity contribution in [2.75, 3.05) is 7.11 Å². The van der Waals surface area contributed by atoms with Crippen LogP contribution in [0.15, 0.2) is 54.2 Å². The molecule has 1 N–H and O–H groups in total. The van der Waals surface area contributed by atoms with E-state index in [1.54, 1.807) is 25.3 Å². The maximum absolute atomic E-state index is 12.5. The number of rotatable bonds is 4. The van der Waals surface area contributed by atoms with Crippen molar-refractivity contribution < 1.29 is 14.3 Å². The maximum atomic E-state index is 12.5. The highest BCUT2D eigenvalue weighted by atomic mass is 16.5. The van der Waals surface area contributed by atoms with Crippen molar-refractivity contribution in [3.05, 3.63) is 70.9 Å². The topological polar surface area (TPSA) is 58.6 Å². The average Bonchev–Trinajstić information content (AvgIpc) is 2.85. The first kappa shape index (κ1) is 15.8. The smallest absolute Gasteiger partial charge is 0.329 e. The van der Waals surface area contributed by atoms with Gasteiger partial charge in [-0.05, 0) is 36.3 Å². The summed E-state index contributed by atoms with van der Waals surface area (Å²) in [4.78, 5) is 25.8. The molecule has 2 aromatic carbocycles. The standard InChI is InChI=1S/C19H18N2O3/c1-13-3-5-15(6-4-13)12-21-18(22)17(20-19(21)23)11-14-7-9-16(24-2)10-8-14/h3-11H,12H2,1-2H3,(H,20,23). The minimum absolute atomic E-state index is 0.255. The summed E-state index contributed by atoms with van der Waals surface area (Å²) in [6.07, 6.45) is 1.66. The minimum atomic E-state index is -0.402. The Balaban J connectivity index is 1.77. The second-order valence-corrected chi connectivity index (χ2v) is 5.64. The van der Waals surface area contributed by atoms with Crippen molar-refractivity contribution in [2.45, 2.75) is 13.5 Å². The molecule has 3 rings (SSSR count). The molecule has 0 aromatic heterocycles. The van der Waals surface area contributed by atoms with Gasteiger partial charge in [-0.15, -0.1) is 0 Å². The molecule has 1 heterocycles. The monoisotopic (exact) mass is 322 g/mol. The normalized spacial score (nSPS) is 15.8. The van der Waals surface area contributed by atoms with Gasteiger partial charge in [0.1, 0.15) is 11.4 Å². The van der Waals surface area contributed by atoms with E-state index in [1.807, 2.05) is 43.3 Å². The number of nitrogens with one attached hydrogen (secondary N) is 1. The summed E-state index contributed by atoms with van der Waals surface area (Å²) >= 11 is 0. The Morgan fingerprint density at radius 3 is 2.33 bits per heavy atom. The number of hydrogen-bond acceptors (Lipinski definition) is 3. The molecule has 24 heavy (non-hydrogen) atoms. The summed E-state index contributed by atoms with van der Waals surface area (Å²) in [6.45, 7) is 2.25. The number of amides is 3. The van der Waals surface area contributed by atoms with Crippen LogP contribution in [0.1, 0.15) is 16.7 Å². The Morgan fingerprint density at radius 2 is 1.71 bits per heavy atom. The Kier molecular flexibility index (Phi) is 4.33. The number of benzene rings is 2. The first-order valence-electron chi connectivity index (χ1n) is 7.61. The van der Waals surface area contributed by atoms with Crippen molar-refractivity contribution >= 4 is 18.0 Å². The highest BCUT2D eigenvalue weighted by Gasteiger charge is 2.33. The molecular weight excluding hydrogens is 304 g/mol. The first-order chi connectivity index (χ1) is 11.6. The molecule has 0 unspecified atom stereocenters. The second-order valence-electron chi connectivity index (χ2n) is 5.64. The number of imide groups is 1. The highest BCUT2D eigenvalue weighted by Crippen LogP contribution is 2.18. The molecule has 0 bridgehead atoms. The van der Waals surface area contributed by atoms with Gasteiger partial charge in [-0.3, -0.25) is 9.69 Å². The van der Waals surface area contributed by atoms with E-state index < -0.39 is 6.03 Å². The van der Waals surface area contributed by atoms with Gasteiger partial charge in [-0.25, -0.2) is 4.79 Å². The lowest BCUT2D eigenvalue weighted by atomic mass is 10.1. The summed E-state index contributed by atoms with van der Waals surface area (Å²) < 4.78 is 5.10. The van der Waals surface area contributed by atoms with Crippen LogP contribution < -0.4 is 10.1 Å². The first-order valence-corrected chi connectivity index (χ1v) is 7.61. The van der Waals surface area contributed by atoms with E-state index in [2.05, 4.69) is 5.32 Å². The third kappa shape index (κ3) is 3.30. The maximum Gasteiger partial charge on any atom is 0.329 e. The Hall–Kier alpha value is -3.08. The molecule has 0 radical (unpaired) electrons. The molecule has 1 aliphatic heterocycles. The Bertz CT molecular complexity index is 792. The van der Waals surface area contributed by atoms with Crippen LogP contribution >= 0.6 is 0 Å². The van der Waals surface area contributed by atoms with E-state index in [4.69, 9.17) is 4.74 Å². The van der Waals surface area contributed by atoms with Crippen LogP contribution in [0.5, 0.6) is 5.75 Å². The van der Waals surface area contributed by atoms with E-state index in [9.17, 15) is 9.59 Å². The van der Waals surface area contributed by atoms with Gasteiger partial charge >= 0.3 is 6.03 Å². The predicted molar refractivity (Wildman–Crippen MR) is 91.2 cm³/mol. The summed E-state index contributed by atoms with van der Waals surface area (Å²) in [7, 11) is 1.59. The fourth-order valence-electron chi connectivity index (χ4n) is 2.46. The summed E-state index contributed by atoms with van der Waals surface area (Å²) in [6, 6.07) is 14.6. The van der Waals surface area contributed by atoms with Gasteiger partial charge in [0.15, 0.2) is 0 Å². The molecule has 0 saturated carbocycles. The molecule has 0 atom stereocenters. The fourth-order valence-corrected chi connectivity index (χ4v) is 2.46. The summed E-state index contributed by atoms with van der Waals surface area (Å²) in [5.41, 5.74) is 3.14. The van der Waals surface area contributed by atoms with Crippen molar-refractivity contribution in [2.24, 2.45) is 0 Å². The zero-order valence-electron chi connectivity index (χ0n) is 13.6. The predicted octanol–water partition coefficient (Wildman–Crippen LogP) is 3.10. The largest absolute Gasteiger partial charge is 0.497 e. The Morgan fingerprint density at radius 1 is 1.04 bits per heavy atom. The van der Waals surface area contributed by atoms with Crippen LogP contribution in [-0.4, -0.2) is 23.9 Å². The number of ether oxygens (including phenoxy) is 1. The van der Waals surface area contributed by atoms with Crippen molar-refractivity contribution in [3.8, 4) is 5.75 Å². The molecule has 2 aromatic rings. The van der Waals surface area contributed by atoms with Crippen LogP contribution in [-0.2, 0) is 11.3 Å². The SMILES string of the molecule is COc1ccc(C=C2NC(=O)N(Cc3ccc(C)cc3)C2=O)cc1. The van der Waals surface area contributed by atoms with Crippen LogP contribution in [0.2, 0.25) is 0 Å². The molecule has 0 aliphatic carbocycles. The van der Waals surface area contributed by atoms with Crippen LogP contribution in [0, 0.1) is 6.92 Å². The number of nitrogens with zero attached hydrogens (tertiary/aromatic N) is 1. The van der Waals surface area contributed by atoms with Crippen LogP contribution in [0.4, 0.5) is 4.79 Å². The molecule has 5 heteroatoms. The lowest BCUT2D eigenvalue weighted by Crippen LogP contribution is -2.30. The number of carbonyl (C=O) groups excluding carboxylic acids is 2. The van der Waals surface area contributed by atoms with Gasteiger partial charge in [0.2, 0.25) is 0 Å². The van der Waals surface area contributed by atoms with Gasteiger partial charge in [-0.1, -0.05) is 42.0 Å². The summed E-state index contributed by atoms with van der Waals surface area (Å²) in [5, 5.41) is 2.63. The van der Waals surface area contributed by atoms with E-state index >= 15 is 0 Å². The molecule has 5 nitrogen and oxygen atoms in total. The zero-order valence-corrected chi connectivity index (χ0v) is 13.6. The lowest BCUT2D eigenvalue weighted by molar-refractivity contribution is -0.123.